The van der Waals surface area contributed by atoms with Gasteiger partial charge in [0, 0.05) is 36.2 Å². The summed E-state index contributed by atoms with van der Waals surface area (Å²) in [5.41, 5.74) is 2.96. The molecule has 2 N–H and O–H groups in total. The van der Waals surface area contributed by atoms with E-state index in [9.17, 15) is 8.42 Å². The molecule has 1 fully saturated rings. The van der Waals surface area contributed by atoms with Gasteiger partial charge in [-0.2, -0.15) is 4.98 Å². The number of nitrogens with one attached hydrogen (secondary N) is 2. The molecule has 0 spiro atoms. The summed E-state index contributed by atoms with van der Waals surface area (Å²) in [6, 6.07) is 18.2. The zero-order valence-electron chi connectivity index (χ0n) is 17.6. The van der Waals surface area contributed by atoms with Crippen molar-refractivity contribution in [1.82, 2.24) is 9.97 Å². The van der Waals surface area contributed by atoms with Gasteiger partial charge in [-0.25, -0.2) is 13.4 Å². The van der Waals surface area contributed by atoms with Gasteiger partial charge in [-0.1, -0.05) is 30.3 Å². The highest BCUT2D eigenvalue weighted by Crippen LogP contribution is 2.23. The van der Waals surface area contributed by atoms with Gasteiger partial charge in [0.25, 0.3) is 0 Å². The maximum absolute atomic E-state index is 12.4. The first-order valence-electron chi connectivity index (χ1n) is 10.5. The predicted molar refractivity (Wildman–Crippen MR) is 125 cm³/mol. The van der Waals surface area contributed by atoms with Crippen LogP contribution in [-0.4, -0.2) is 31.5 Å². The molecule has 7 nitrogen and oxygen atoms in total. The van der Waals surface area contributed by atoms with Crippen LogP contribution in [0.5, 0.6) is 0 Å². The molecular weight excluding hydrogens is 410 g/mol. The van der Waals surface area contributed by atoms with E-state index >= 15 is 0 Å². The minimum Gasteiger partial charge on any atom is -0.356 e. The quantitative estimate of drug-likeness (QED) is 0.567. The van der Waals surface area contributed by atoms with Crippen LogP contribution in [0.2, 0.25) is 0 Å². The fraction of sp³-hybridized carbons (Fsp3) is 0.304. The number of hydrogen-bond donors (Lipinski definition) is 2. The number of piperidine rings is 1. The summed E-state index contributed by atoms with van der Waals surface area (Å²) >= 11 is 0. The number of aryl methyl sites for hydroxylation is 1. The maximum Gasteiger partial charge on any atom is 0.236 e. The van der Waals surface area contributed by atoms with Gasteiger partial charge in [-0.05, 0) is 56.0 Å². The lowest BCUT2D eigenvalue weighted by molar-refractivity contribution is 0.573. The molecule has 0 radical (unpaired) electrons. The van der Waals surface area contributed by atoms with Crippen molar-refractivity contribution in [2.45, 2.75) is 31.9 Å². The van der Waals surface area contributed by atoms with Crippen molar-refractivity contribution in [2.75, 3.05) is 28.0 Å². The Kier molecular flexibility index (Phi) is 6.36. The maximum atomic E-state index is 12.4. The predicted octanol–water partition coefficient (Wildman–Crippen LogP) is 4.46. The van der Waals surface area contributed by atoms with Gasteiger partial charge in [-0.3, -0.25) is 4.72 Å². The molecule has 4 rings (SSSR count). The van der Waals surface area contributed by atoms with Crippen molar-refractivity contribution in [2.24, 2.45) is 0 Å². The summed E-state index contributed by atoms with van der Waals surface area (Å²) in [5, 5.41) is 3.23. The van der Waals surface area contributed by atoms with E-state index < -0.39 is 10.0 Å². The third-order valence-electron chi connectivity index (χ3n) is 5.13. The fourth-order valence-electron chi connectivity index (χ4n) is 3.65. The Morgan fingerprint density at radius 3 is 2.29 bits per heavy atom. The molecule has 1 aromatic heterocycles. The second kappa shape index (κ2) is 9.34. The molecule has 3 aromatic rings. The molecule has 1 aliphatic heterocycles. The molecule has 31 heavy (non-hydrogen) atoms. The van der Waals surface area contributed by atoms with Crippen LogP contribution in [0, 0.1) is 6.92 Å². The number of sulfonamides is 1. The van der Waals surface area contributed by atoms with Crippen molar-refractivity contribution in [1.29, 1.82) is 0 Å². The van der Waals surface area contributed by atoms with E-state index in [0.717, 1.165) is 35.9 Å². The van der Waals surface area contributed by atoms with Crippen molar-refractivity contribution < 1.29 is 8.42 Å². The molecule has 0 bridgehead atoms. The third kappa shape index (κ3) is 5.95. The molecule has 1 saturated heterocycles. The molecule has 162 valence electrons. The van der Waals surface area contributed by atoms with Crippen molar-refractivity contribution >= 4 is 33.2 Å². The number of hydrogen-bond acceptors (Lipinski definition) is 6. The van der Waals surface area contributed by atoms with E-state index in [2.05, 4.69) is 24.9 Å². The van der Waals surface area contributed by atoms with Crippen molar-refractivity contribution in [3.8, 4) is 0 Å². The van der Waals surface area contributed by atoms with Crippen LogP contribution in [0.3, 0.4) is 0 Å². The van der Waals surface area contributed by atoms with Crippen molar-refractivity contribution in [3.05, 3.63) is 71.9 Å². The highest BCUT2D eigenvalue weighted by atomic mass is 32.2. The normalized spacial score (nSPS) is 14.3. The summed E-state index contributed by atoms with van der Waals surface area (Å²) < 4.78 is 27.5. The van der Waals surface area contributed by atoms with E-state index in [1.807, 2.05) is 43.3 Å². The van der Waals surface area contributed by atoms with Crippen LogP contribution in [0.4, 0.5) is 23.1 Å². The first-order chi connectivity index (χ1) is 15.0. The average molecular weight is 438 g/mol. The monoisotopic (exact) mass is 437 g/mol. The smallest absolute Gasteiger partial charge is 0.236 e. The molecule has 0 atom stereocenters. The Balaban J connectivity index is 1.42. The molecule has 0 unspecified atom stereocenters. The molecule has 1 aliphatic rings. The highest BCUT2D eigenvalue weighted by Gasteiger charge is 2.14. The lowest BCUT2D eigenvalue weighted by Crippen LogP contribution is -2.30. The third-order valence-corrected chi connectivity index (χ3v) is 6.39. The Morgan fingerprint density at radius 1 is 0.903 bits per heavy atom. The highest BCUT2D eigenvalue weighted by molar-refractivity contribution is 7.91. The van der Waals surface area contributed by atoms with E-state index in [1.54, 1.807) is 24.3 Å². The first kappa shape index (κ1) is 21.1. The SMILES string of the molecule is Cc1cc(N2CCCCC2)nc(Nc2ccc(NS(=O)(=O)Cc3ccccc3)cc2)n1. The number of aromatic nitrogens is 2. The van der Waals surface area contributed by atoms with Gasteiger partial charge in [0.05, 0.1) is 5.75 Å². The molecule has 0 aliphatic carbocycles. The Bertz CT molecular complexity index is 1110. The van der Waals surface area contributed by atoms with Gasteiger partial charge in [-0.15, -0.1) is 0 Å². The van der Waals surface area contributed by atoms with Gasteiger partial charge >= 0.3 is 0 Å². The summed E-state index contributed by atoms with van der Waals surface area (Å²) in [6.45, 7) is 4.01. The van der Waals surface area contributed by atoms with Gasteiger partial charge < -0.3 is 10.2 Å². The molecule has 8 heteroatoms. The minimum atomic E-state index is -3.48. The van der Waals surface area contributed by atoms with E-state index in [4.69, 9.17) is 0 Å². The van der Waals surface area contributed by atoms with Gasteiger partial charge in [0.2, 0.25) is 16.0 Å². The topological polar surface area (TPSA) is 87.2 Å². The number of nitrogens with zero attached hydrogens (tertiary/aromatic N) is 3. The van der Waals surface area contributed by atoms with Crippen LogP contribution in [-0.2, 0) is 15.8 Å². The van der Waals surface area contributed by atoms with Crippen LogP contribution in [0.1, 0.15) is 30.5 Å². The Labute approximate surface area is 183 Å². The molecule has 2 aromatic carbocycles. The van der Waals surface area contributed by atoms with E-state index in [1.165, 1.54) is 19.3 Å². The Hall–Kier alpha value is -3.13. The van der Waals surface area contributed by atoms with E-state index in [0.29, 0.717) is 11.6 Å². The lowest BCUT2D eigenvalue weighted by atomic mass is 10.1. The molecule has 0 amide bonds. The summed E-state index contributed by atoms with van der Waals surface area (Å²) in [5.74, 6) is 1.42. The lowest BCUT2D eigenvalue weighted by Gasteiger charge is -2.28. The standard InChI is InChI=1S/C23H27N5O2S/c1-18-16-22(28-14-6-3-7-15-28)26-23(24-18)25-20-10-12-21(13-11-20)27-31(29,30)17-19-8-4-2-5-9-19/h2,4-5,8-13,16,27H,3,6-7,14-15,17H2,1H3,(H,24,25,26). The second-order valence-electron chi connectivity index (χ2n) is 7.79. The molecular formula is C23H27N5O2S. The van der Waals surface area contributed by atoms with Gasteiger partial charge in [0.1, 0.15) is 5.82 Å². The largest absolute Gasteiger partial charge is 0.356 e. The zero-order chi connectivity index (χ0) is 21.7. The van der Waals surface area contributed by atoms with Crippen LogP contribution >= 0.6 is 0 Å². The number of benzene rings is 2. The van der Waals surface area contributed by atoms with Crippen LogP contribution in [0.15, 0.2) is 60.7 Å². The van der Waals surface area contributed by atoms with Gasteiger partial charge in [0.15, 0.2) is 0 Å². The Morgan fingerprint density at radius 2 is 1.58 bits per heavy atom. The van der Waals surface area contributed by atoms with E-state index in [-0.39, 0.29) is 5.75 Å². The fourth-order valence-corrected chi connectivity index (χ4v) is 4.85. The molecule has 2 heterocycles. The van der Waals surface area contributed by atoms with Crippen molar-refractivity contribution in [3.63, 3.8) is 0 Å². The summed E-state index contributed by atoms with van der Waals surface area (Å²) in [4.78, 5) is 11.5. The second-order valence-corrected chi connectivity index (χ2v) is 9.51. The zero-order valence-corrected chi connectivity index (χ0v) is 18.4. The summed E-state index contributed by atoms with van der Waals surface area (Å²) in [7, 11) is -3.48. The summed E-state index contributed by atoms with van der Waals surface area (Å²) in [6.07, 6.45) is 3.65. The van der Waals surface area contributed by atoms with Crippen LogP contribution < -0.4 is 14.9 Å². The van der Waals surface area contributed by atoms with Crippen LogP contribution in [0.25, 0.3) is 0 Å². The average Bonchev–Trinajstić information content (AvgIpc) is 2.75. The minimum absolute atomic E-state index is 0.0652. The number of anilines is 4. The first-order valence-corrected chi connectivity index (χ1v) is 12.1. The number of rotatable bonds is 7. The molecule has 0 saturated carbocycles.